The second kappa shape index (κ2) is 7.72. The number of rotatable bonds is 5. The quantitative estimate of drug-likeness (QED) is 0.894. The summed E-state index contributed by atoms with van der Waals surface area (Å²) in [5.41, 5.74) is 2.92. The molecule has 0 bridgehead atoms. The highest BCUT2D eigenvalue weighted by Gasteiger charge is 2.25. The molecule has 1 N–H and O–H groups in total. The smallest absolute Gasteiger partial charge is 0.136 e. The SMILES string of the molecule is Cc1nc(C)c(Cc2ccccc2)c(N2CCN(CC(C)(C)O)CC2)n1. The van der Waals surface area contributed by atoms with Gasteiger partial charge in [-0.2, -0.15) is 0 Å². The number of piperazine rings is 1. The van der Waals surface area contributed by atoms with Crippen LogP contribution in [0.4, 0.5) is 5.82 Å². The average molecular weight is 354 g/mol. The zero-order valence-electron chi connectivity index (χ0n) is 16.4. The van der Waals surface area contributed by atoms with Crippen LogP contribution >= 0.6 is 0 Å². The zero-order chi connectivity index (χ0) is 18.7. The summed E-state index contributed by atoms with van der Waals surface area (Å²) >= 11 is 0. The molecule has 0 saturated carbocycles. The number of nitrogens with zero attached hydrogens (tertiary/aromatic N) is 4. The van der Waals surface area contributed by atoms with Crippen molar-refractivity contribution in [3.8, 4) is 0 Å². The van der Waals surface area contributed by atoms with Crippen molar-refractivity contribution in [3.63, 3.8) is 0 Å². The van der Waals surface area contributed by atoms with Crippen molar-refractivity contribution in [2.45, 2.75) is 39.7 Å². The lowest BCUT2D eigenvalue weighted by Gasteiger charge is -2.38. The first-order valence-electron chi connectivity index (χ1n) is 9.39. The molecule has 0 unspecified atom stereocenters. The molecule has 1 aliphatic heterocycles. The van der Waals surface area contributed by atoms with E-state index in [1.807, 2.05) is 26.8 Å². The van der Waals surface area contributed by atoms with E-state index in [-0.39, 0.29) is 0 Å². The first-order chi connectivity index (χ1) is 12.3. The topological polar surface area (TPSA) is 52.5 Å². The Balaban J connectivity index is 1.79. The van der Waals surface area contributed by atoms with Crippen LogP contribution < -0.4 is 4.90 Å². The normalized spacial score (nSPS) is 16.1. The second-order valence-electron chi connectivity index (χ2n) is 7.90. The van der Waals surface area contributed by atoms with Crippen LogP contribution in [-0.2, 0) is 6.42 Å². The fourth-order valence-corrected chi connectivity index (χ4v) is 3.65. The van der Waals surface area contributed by atoms with E-state index in [2.05, 4.69) is 46.0 Å². The number of aliphatic hydroxyl groups is 1. The number of hydrogen-bond donors (Lipinski definition) is 1. The Kier molecular flexibility index (Phi) is 5.58. The van der Waals surface area contributed by atoms with Gasteiger partial charge in [0, 0.05) is 50.4 Å². The molecule has 1 aliphatic rings. The van der Waals surface area contributed by atoms with Gasteiger partial charge in [0.1, 0.15) is 11.6 Å². The molecule has 2 heterocycles. The summed E-state index contributed by atoms with van der Waals surface area (Å²) in [7, 11) is 0. The molecule has 2 aromatic rings. The molecule has 5 nitrogen and oxygen atoms in total. The Labute approximate surface area is 156 Å². The van der Waals surface area contributed by atoms with Gasteiger partial charge in [0.05, 0.1) is 5.60 Å². The van der Waals surface area contributed by atoms with Crippen LogP contribution in [0.1, 0.15) is 36.5 Å². The number of anilines is 1. The predicted octanol–water partition coefficient (Wildman–Crippen LogP) is 2.58. The van der Waals surface area contributed by atoms with Gasteiger partial charge in [-0.1, -0.05) is 30.3 Å². The highest BCUT2D eigenvalue weighted by molar-refractivity contribution is 5.51. The van der Waals surface area contributed by atoms with Crippen LogP contribution in [0.25, 0.3) is 0 Å². The lowest BCUT2D eigenvalue weighted by Crippen LogP contribution is -2.51. The first kappa shape index (κ1) is 18.8. The first-order valence-corrected chi connectivity index (χ1v) is 9.39. The Hall–Kier alpha value is -1.98. The summed E-state index contributed by atoms with van der Waals surface area (Å²) in [4.78, 5) is 14.1. The molecule has 1 aromatic heterocycles. The van der Waals surface area contributed by atoms with Gasteiger partial charge in [-0.15, -0.1) is 0 Å². The van der Waals surface area contributed by atoms with Gasteiger partial charge in [-0.05, 0) is 33.3 Å². The molecule has 0 amide bonds. The number of benzene rings is 1. The summed E-state index contributed by atoms with van der Waals surface area (Å²) in [6.45, 7) is 12.2. The van der Waals surface area contributed by atoms with E-state index >= 15 is 0 Å². The van der Waals surface area contributed by atoms with E-state index in [9.17, 15) is 5.11 Å². The third kappa shape index (κ3) is 4.80. The van der Waals surface area contributed by atoms with Crippen LogP contribution in [0, 0.1) is 13.8 Å². The Morgan fingerprint density at radius 3 is 2.27 bits per heavy atom. The maximum absolute atomic E-state index is 10.1. The second-order valence-corrected chi connectivity index (χ2v) is 7.90. The van der Waals surface area contributed by atoms with Crippen molar-refractivity contribution in [3.05, 3.63) is 53.0 Å². The molecular weight excluding hydrogens is 324 g/mol. The van der Waals surface area contributed by atoms with E-state index < -0.39 is 5.60 Å². The van der Waals surface area contributed by atoms with Crippen LogP contribution in [0.2, 0.25) is 0 Å². The van der Waals surface area contributed by atoms with Gasteiger partial charge in [0.25, 0.3) is 0 Å². The molecule has 0 radical (unpaired) electrons. The summed E-state index contributed by atoms with van der Waals surface area (Å²) in [5.74, 6) is 1.90. The van der Waals surface area contributed by atoms with Gasteiger partial charge in [-0.25, -0.2) is 9.97 Å². The predicted molar refractivity (Wildman–Crippen MR) is 106 cm³/mol. The summed E-state index contributed by atoms with van der Waals surface area (Å²) < 4.78 is 0. The summed E-state index contributed by atoms with van der Waals surface area (Å²) in [5, 5.41) is 10.1. The van der Waals surface area contributed by atoms with Crippen molar-refractivity contribution in [2.24, 2.45) is 0 Å². The van der Waals surface area contributed by atoms with Gasteiger partial charge in [0.15, 0.2) is 0 Å². The Morgan fingerprint density at radius 2 is 1.65 bits per heavy atom. The van der Waals surface area contributed by atoms with E-state index in [0.717, 1.165) is 49.9 Å². The molecule has 5 heteroatoms. The van der Waals surface area contributed by atoms with Crippen molar-refractivity contribution >= 4 is 5.82 Å². The van der Waals surface area contributed by atoms with Crippen molar-refractivity contribution in [1.82, 2.24) is 14.9 Å². The van der Waals surface area contributed by atoms with Gasteiger partial charge < -0.3 is 10.0 Å². The minimum Gasteiger partial charge on any atom is -0.389 e. The maximum Gasteiger partial charge on any atom is 0.136 e. The molecule has 1 fully saturated rings. The van der Waals surface area contributed by atoms with Gasteiger partial charge >= 0.3 is 0 Å². The van der Waals surface area contributed by atoms with Crippen molar-refractivity contribution in [1.29, 1.82) is 0 Å². The third-order valence-corrected chi connectivity index (χ3v) is 4.81. The number of hydrogen-bond acceptors (Lipinski definition) is 5. The number of aromatic nitrogens is 2. The number of aryl methyl sites for hydroxylation is 2. The van der Waals surface area contributed by atoms with Gasteiger partial charge in [-0.3, -0.25) is 4.90 Å². The molecule has 1 aromatic carbocycles. The molecule has 0 atom stereocenters. The Bertz CT molecular complexity index is 732. The highest BCUT2D eigenvalue weighted by atomic mass is 16.3. The van der Waals surface area contributed by atoms with E-state index in [0.29, 0.717) is 6.54 Å². The third-order valence-electron chi connectivity index (χ3n) is 4.81. The fraction of sp³-hybridized carbons (Fsp3) is 0.524. The minimum atomic E-state index is -0.650. The van der Waals surface area contributed by atoms with Crippen molar-refractivity contribution < 1.29 is 5.11 Å². The van der Waals surface area contributed by atoms with Crippen LogP contribution in [0.5, 0.6) is 0 Å². The maximum atomic E-state index is 10.1. The lowest BCUT2D eigenvalue weighted by atomic mass is 10.0. The standard InChI is InChI=1S/C21H30N4O/c1-16-19(14-18-8-6-5-7-9-18)20(23-17(2)22-16)25-12-10-24(11-13-25)15-21(3,4)26/h5-9,26H,10-15H2,1-4H3. The minimum absolute atomic E-state index is 0.650. The molecular formula is C21H30N4O. The summed E-state index contributed by atoms with van der Waals surface area (Å²) in [6.07, 6.45) is 0.853. The van der Waals surface area contributed by atoms with Gasteiger partial charge in [0.2, 0.25) is 0 Å². The fourth-order valence-electron chi connectivity index (χ4n) is 3.65. The monoisotopic (exact) mass is 354 g/mol. The van der Waals surface area contributed by atoms with E-state index in [1.54, 1.807) is 0 Å². The largest absolute Gasteiger partial charge is 0.389 e. The highest BCUT2D eigenvalue weighted by Crippen LogP contribution is 2.25. The van der Waals surface area contributed by atoms with Crippen molar-refractivity contribution in [2.75, 3.05) is 37.6 Å². The molecule has 26 heavy (non-hydrogen) atoms. The van der Waals surface area contributed by atoms with E-state index in [4.69, 9.17) is 4.98 Å². The number of β-amino-alcohol motifs (C(OH)–C–C–N with tert-alkyl or cyclic N) is 1. The van der Waals surface area contributed by atoms with Crippen LogP contribution in [-0.4, -0.2) is 58.3 Å². The molecule has 3 rings (SSSR count). The lowest BCUT2D eigenvalue weighted by molar-refractivity contribution is 0.0344. The zero-order valence-corrected chi connectivity index (χ0v) is 16.4. The average Bonchev–Trinajstić information content (AvgIpc) is 2.57. The molecule has 0 aliphatic carbocycles. The molecule has 1 saturated heterocycles. The summed E-state index contributed by atoms with van der Waals surface area (Å²) in [6, 6.07) is 10.5. The molecule has 140 valence electrons. The van der Waals surface area contributed by atoms with E-state index in [1.165, 1.54) is 11.1 Å². The van der Waals surface area contributed by atoms with Crippen LogP contribution in [0.3, 0.4) is 0 Å². The van der Waals surface area contributed by atoms with Crippen LogP contribution in [0.15, 0.2) is 30.3 Å². The molecule has 0 spiro atoms. The Morgan fingerprint density at radius 1 is 1.00 bits per heavy atom.